The van der Waals surface area contributed by atoms with E-state index in [0.717, 1.165) is 31.4 Å². The van der Waals surface area contributed by atoms with E-state index in [2.05, 4.69) is 15.7 Å². The molecule has 1 aliphatic heterocycles. The summed E-state index contributed by atoms with van der Waals surface area (Å²) in [5.74, 6) is 0.249. The third-order valence-corrected chi connectivity index (χ3v) is 5.60. The smallest absolute Gasteiger partial charge is 0.225 e. The predicted molar refractivity (Wildman–Crippen MR) is 99.6 cm³/mol. The number of carbonyl (C=O) groups is 3. The molecule has 0 unspecified atom stereocenters. The largest absolute Gasteiger partial charge is 0.354 e. The van der Waals surface area contributed by atoms with E-state index in [9.17, 15) is 14.4 Å². The minimum Gasteiger partial charge on any atom is -0.354 e. The maximum absolute atomic E-state index is 12.7. The van der Waals surface area contributed by atoms with Crippen molar-refractivity contribution in [3.05, 3.63) is 18.0 Å². The summed E-state index contributed by atoms with van der Waals surface area (Å²) in [5.41, 5.74) is 1.05. The van der Waals surface area contributed by atoms with E-state index in [-0.39, 0.29) is 29.7 Å². The van der Waals surface area contributed by atoms with E-state index >= 15 is 0 Å². The Kier molecular flexibility index (Phi) is 6.47. The van der Waals surface area contributed by atoms with Gasteiger partial charge in [0.1, 0.15) is 0 Å². The summed E-state index contributed by atoms with van der Waals surface area (Å²) in [7, 11) is 1.88. The Labute approximate surface area is 159 Å². The summed E-state index contributed by atoms with van der Waals surface area (Å²) >= 11 is 0. The number of hydrogen-bond acceptors (Lipinski definition) is 4. The minimum absolute atomic E-state index is 0.0146. The van der Waals surface area contributed by atoms with Gasteiger partial charge in [-0.05, 0) is 38.2 Å². The van der Waals surface area contributed by atoms with E-state index in [4.69, 9.17) is 0 Å². The van der Waals surface area contributed by atoms with Gasteiger partial charge in [-0.1, -0.05) is 0 Å². The molecule has 0 aromatic carbocycles. The van der Waals surface area contributed by atoms with Crippen LogP contribution in [0.4, 0.5) is 0 Å². The quantitative estimate of drug-likeness (QED) is 0.777. The van der Waals surface area contributed by atoms with Gasteiger partial charge in [0.2, 0.25) is 17.7 Å². The Morgan fingerprint density at radius 3 is 2.74 bits per heavy atom. The molecule has 0 atom stereocenters. The van der Waals surface area contributed by atoms with Crippen LogP contribution in [0.25, 0.3) is 0 Å². The maximum Gasteiger partial charge on any atom is 0.225 e. The van der Waals surface area contributed by atoms with Gasteiger partial charge >= 0.3 is 0 Å². The van der Waals surface area contributed by atoms with Gasteiger partial charge in [0.15, 0.2) is 0 Å². The van der Waals surface area contributed by atoms with Crippen LogP contribution in [0, 0.1) is 5.92 Å². The van der Waals surface area contributed by atoms with Gasteiger partial charge in [0.05, 0.1) is 0 Å². The maximum atomic E-state index is 12.7. The third-order valence-electron chi connectivity index (χ3n) is 5.60. The number of aromatic nitrogens is 2. The molecule has 2 heterocycles. The lowest BCUT2D eigenvalue weighted by atomic mass is 9.85. The highest BCUT2D eigenvalue weighted by Crippen LogP contribution is 2.26. The predicted octanol–water partition coefficient (Wildman–Crippen LogP) is 0.376. The van der Waals surface area contributed by atoms with Crippen LogP contribution in [0.1, 0.15) is 44.2 Å². The molecule has 2 aliphatic rings. The first-order chi connectivity index (χ1) is 13.0. The van der Waals surface area contributed by atoms with Gasteiger partial charge in [-0.25, -0.2) is 0 Å². The van der Waals surface area contributed by atoms with Crippen molar-refractivity contribution in [2.75, 3.05) is 19.6 Å². The van der Waals surface area contributed by atoms with Crippen LogP contribution in [0.15, 0.2) is 12.3 Å². The lowest BCUT2D eigenvalue weighted by Gasteiger charge is -2.31. The fourth-order valence-corrected chi connectivity index (χ4v) is 3.92. The number of nitrogens with zero attached hydrogens (tertiary/aromatic N) is 3. The van der Waals surface area contributed by atoms with E-state index < -0.39 is 0 Å². The van der Waals surface area contributed by atoms with Crippen LogP contribution in [-0.2, 0) is 27.9 Å². The van der Waals surface area contributed by atoms with E-state index in [1.165, 1.54) is 0 Å². The van der Waals surface area contributed by atoms with Crippen molar-refractivity contribution in [2.24, 2.45) is 13.0 Å². The molecule has 27 heavy (non-hydrogen) atoms. The second kappa shape index (κ2) is 9.01. The SMILES string of the molecule is Cn1nccc1CCC(=O)NC1CCC(C(=O)N2CCNC(=O)CC2)CC1. The van der Waals surface area contributed by atoms with Gasteiger partial charge in [-0.3, -0.25) is 19.1 Å². The summed E-state index contributed by atoms with van der Waals surface area (Å²) < 4.78 is 1.79. The number of amides is 3. The first-order valence-corrected chi connectivity index (χ1v) is 9.84. The first kappa shape index (κ1) is 19.4. The number of carbonyl (C=O) groups excluding carboxylic acids is 3. The van der Waals surface area contributed by atoms with Crippen LogP contribution in [0.3, 0.4) is 0 Å². The molecule has 1 aromatic rings. The number of rotatable bonds is 5. The molecule has 148 valence electrons. The van der Waals surface area contributed by atoms with Crippen LogP contribution in [-0.4, -0.2) is 58.1 Å². The van der Waals surface area contributed by atoms with Crippen molar-refractivity contribution >= 4 is 17.7 Å². The summed E-state index contributed by atoms with van der Waals surface area (Å²) in [5, 5.41) is 10.0. The van der Waals surface area contributed by atoms with E-state index in [1.54, 1.807) is 10.9 Å². The third kappa shape index (κ3) is 5.30. The highest BCUT2D eigenvalue weighted by atomic mass is 16.2. The zero-order valence-electron chi connectivity index (χ0n) is 15.9. The fourth-order valence-electron chi connectivity index (χ4n) is 3.92. The molecule has 1 aromatic heterocycles. The molecule has 0 spiro atoms. The van der Waals surface area contributed by atoms with Crippen molar-refractivity contribution in [1.82, 2.24) is 25.3 Å². The molecule has 1 saturated carbocycles. The molecule has 2 fully saturated rings. The van der Waals surface area contributed by atoms with Crippen molar-refractivity contribution in [2.45, 2.75) is 51.0 Å². The molecule has 8 heteroatoms. The van der Waals surface area contributed by atoms with Crippen molar-refractivity contribution in [3.63, 3.8) is 0 Å². The number of hydrogen-bond donors (Lipinski definition) is 2. The zero-order valence-corrected chi connectivity index (χ0v) is 15.9. The number of aryl methyl sites for hydroxylation is 2. The lowest BCUT2D eigenvalue weighted by Crippen LogP contribution is -2.43. The van der Waals surface area contributed by atoms with Crippen molar-refractivity contribution in [3.8, 4) is 0 Å². The van der Waals surface area contributed by atoms with Gasteiger partial charge in [0, 0.05) is 63.4 Å². The Morgan fingerprint density at radius 1 is 1.26 bits per heavy atom. The van der Waals surface area contributed by atoms with Gasteiger partial charge < -0.3 is 15.5 Å². The summed E-state index contributed by atoms with van der Waals surface area (Å²) in [4.78, 5) is 38.1. The van der Waals surface area contributed by atoms with Gasteiger partial charge in [0.25, 0.3) is 0 Å². The summed E-state index contributed by atoms with van der Waals surface area (Å²) in [6.45, 7) is 1.64. The van der Waals surface area contributed by atoms with E-state index in [1.807, 2.05) is 18.0 Å². The van der Waals surface area contributed by atoms with Gasteiger partial charge in [-0.15, -0.1) is 0 Å². The molecular formula is C19H29N5O3. The first-order valence-electron chi connectivity index (χ1n) is 9.84. The Balaban J connectivity index is 1.39. The molecule has 8 nitrogen and oxygen atoms in total. The fraction of sp³-hybridized carbons (Fsp3) is 0.684. The average molecular weight is 375 g/mol. The molecule has 2 N–H and O–H groups in total. The second-order valence-corrected chi connectivity index (χ2v) is 7.49. The van der Waals surface area contributed by atoms with Crippen LogP contribution < -0.4 is 10.6 Å². The van der Waals surface area contributed by atoms with Crippen LogP contribution in [0.5, 0.6) is 0 Å². The summed E-state index contributed by atoms with van der Waals surface area (Å²) in [6, 6.07) is 2.08. The lowest BCUT2D eigenvalue weighted by molar-refractivity contribution is -0.136. The van der Waals surface area contributed by atoms with Gasteiger partial charge in [-0.2, -0.15) is 5.10 Å². The average Bonchev–Trinajstić information content (AvgIpc) is 2.94. The molecule has 1 saturated heterocycles. The topological polar surface area (TPSA) is 96.3 Å². The Hall–Kier alpha value is -2.38. The van der Waals surface area contributed by atoms with E-state index in [0.29, 0.717) is 38.9 Å². The van der Waals surface area contributed by atoms with Crippen molar-refractivity contribution < 1.29 is 14.4 Å². The van der Waals surface area contributed by atoms with Crippen LogP contribution >= 0.6 is 0 Å². The molecule has 0 radical (unpaired) electrons. The minimum atomic E-state index is 0.0146. The highest BCUT2D eigenvalue weighted by Gasteiger charge is 2.30. The Bertz CT molecular complexity index is 679. The highest BCUT2D eigenvalue weighted by molar-refractivity contribution is 5.81. The monoisotopic (exact) mass is 375 g/mol. The van der Waals surface area contributed by atoms with Crippen molar-refractivity contribution in [1.29, 1.82) is 0 Å². The molecule has 3 rings (SSSR count). The Morgan fingerprint density at radius 2 is 2.04 bits per heavy atom. The number of nitrogens with one attached hydrogen (secondary N) is 2. The van der Waals surface area contributed by atoms with Crippen LogP contribution in [0.2, 0.25) is 0 Å². The normalized spacial score (nSPS) is 23.4. The molecule has 3 amide bonds. The second-order valence-electron chi connectivity index (χ2n) is 7.49. The molecule has 0 bridgehead atoms. The molecular weight excluding hydrogens is 346 g/mol. The molecule has 1 aliphatic carbocycles. The summed E-state index contributed by atoms with van der Waals surface area (Å²) in [6.07, 6.45) is 6.51. The zero-order chi connectivity index (χ0) is 19.2. The standard InChI is InChI=1S/C19H29N5O3/c1-23-16(8-10-21-23)6-7-18(26)22-15-4-2-14(3-5-15)19(27)24-12-9-17(25)20-11-13-24/h8,10,14-15H,2-7,9,11-13H2,1H3,(H,20,25)(H,22,26).